The normalized spacial score (nSPS) is 37.0. The van der Waals surface area contributed by atoms with E-state index in [9.17, 15) is 9.59 Å². The van der Waals surface area contributed by atoms with Gasteiger partial charge in [0.05, 0.1) is 25.8 Å². The molecule has 0 saturated carbocycles. The summed E-state index contributed by atoms with van der Waals surface area (Å²) in [5.41, 5.74) is 1.03. The Morgan fingerprint density at radius 2 is 1.78 bits per heavy atom. The van der Waals surface area contributed by atoms with Crippen LogP contribution in [0.4, 0.5) is 0 Å². The van der Waals surface area contributed by atoms with Crippen molar-refractivity contribution in [3.63, 3.8) is 0 Å². The van der Waals surface area contributed by atoms with Crippen LogP contribution in [-0.4, -0.2) is 91.8 Å². The lowest BCUT2D eigenvalue weighted by atomic mass is 9.86. The molecule has 10 nitrogen and oxygen atoms in total. The summed E-state index contributed by atoms with van der Waals surface area (Å²) in [5, 5.41) is 0. The van der Waals surface area contributed by atoms with Crippen LogP contribution in [-0.2, 0) is 42.7 Å². The Kier molecular flexibility index (Phi) is 6.93. The smallest absolute Gasteiger partial charge is 0.330 e. The van der Waals surface area contributed by atoms with Crippen LogP contribution < -0.4 is 0 Å². The van der Waals surface area contributed by atoms with Crippen LogP contribution in [0, 0.1) is 0 Å². The average Bonchev–Trinajstić information content (AvgIpc) is 3.45. The predicted molar refractivity (Wildman–Crippen MR) is 129 cm³/mol. The summed E-state index contributed by atoms with van der Waals surface area (Å²) in [6.45, 7) is 7.60. The monoisotopic (exact) mass is 517 g/mol. The van der Waals surface area contributed by atoms with E-state index in [4.69, 9.17) is 33.2 Å². The number of benzene rings is 1. The zero-order valence-corrected chi connectivity index (χ0v) is 22.0. The molecule has 0 unspecified atom stereocenters. The molecule has 0 radical (unpaired) electrons. The molecule has 4 fully saturated rings. The lowest BCUT2D eigenvalue weighted by Crippen LogP contribution is -2.72. The van der Waals surface area contributed by atoms with Crippen molar-refractivity contribution in [3.05, 3.63) is 48.0 Å². The van der Waals surface area contributed by atoms with Crippen LogP contribution in [0.2, 0.25) is 0 Å². The molecule has 4 heterocycles. The van der Waals surface area contributed by atoms with Crippen LogP contribution in [0.3, 0.4) is 0 Å². The highest BCUT2D eigenvalue weighted by Gasteiger charge is 2.64. The maximum Gasteiger partial charge on any atom is 0.330 e. The van der Waals surface area contributed by atoms with Crippen LogP contribution in [0.5, 0.6) is 0 Å². The summed E-state index contributed by atoms with van der Waals surface area (Å²) in [7, 11) is 2.81. The highest BCUT2D eigenvalue weighted by molar-refractivity contribution is 5.90. The quantitative estimate of drug-likeness (QED) is 0.222. The number of β-lactam (4-membered cyclic amide) rings is 1. The average molecular weight is 518 g/mol. The first-order chi connectivity index (χ1) is 17.5. The molecular formula is C27H35NO9. The van der Waals surface area contributed by atoms with Crippen molar-refractivity contribution in [2.75, 3.05) is 20.8 Å². The number of hydrogen-bond donors (Lipinski definition) is 0. The molecule has 4 saturated heterocycles. The highest BCUT2D eigenvalue weighted by atomic mass is 16.8. The summed E-state index contributed by atoms with van der Waals surface area (Å²) in [5.74, 6) is -2.48. The van der Waals surface area contributed by atoms with Gasteiger partial charge in [0.1, 0.15) is 30.5 Å². The SMILES string of the molecule is COC(=O)/C=C/[C@@H]([C@H]1OC(C)(C)O[C@@H]1[C@H]1COC(C)(C)O1)N1C(=O)[C@@H](OC)[C@H]1[C@H]1O[C@@H]1c1ccccc1. The number of likely N-dealkylation sites (tertiary alicyclic amines) is 1. The van der Waals surface area contributed by atoms with Gasteiger partial charge < -0.3 is 38.1 Å². The van der Waals surface area contributed by atoms with Crippen molar-refractivity contribution in [2.45, 2.75) is 88.0 Å². The summed E-state index contributed by atoms with van der Waals surface area (Å²) < 4.78 is 41.0. The lowest BCUT2D eigenvalue weighted by Gasteiger charge is -2.50. The number of methoxy groups -OCH3 is 2. The third-order valence-electron chi connectivity index (χ3n) is 7.22. The first kappa shape index (κ1) is 26.3. The van der Waals surface area contributed by atoms with Crippen molar-refractivity contribution in [1.29, 1.82) is 0 Å². The van der Waals surface area contributed by atoms with Crippen LogP contribution >= 0.6 is 0 Å². The fraction of sp³-hybridized carbons (Fsp3) is 0.630. The second-order valence-electron chi connectivity index (χ2n) is 10.6. The van der Waals surface area contributed by atoms with Gasteiger partial charge >= 0.3 is 5.97 Å². The number of hydrogen-bond acceptors (Lipinski definition) is 9. The molecule has 5 rings (SSSR count). The summed E-state index contributed by atoms with van der Waals surface area (Å²) in [6, 6.07) is 8.78. The van der Waals surface area contributed by atoms with E-state index in [0.717, 1.165) is 5.56 Å². The van der Waals surface area contributed by atoms with Gasteiger partial charge in [0.25, 0.3) is 5.91 Å². The maximum atomic E-state index is 13.4. The van der Waals surface area contributed by atoms with Crippen molar-refractivity contribution in [3.8, 4) is 0 Å². The van der Waals surface area contributed by atoms with Gasteiger partial charge in [-0.15, -0.1) is 0 Å². The Labute approximate surface area is 216 Å². The van der Waals surface area contributed by atoms with E-state index in [1.807, 2.05) is 58.0 Å². The molecule has 0 spiro atoms. The highest BCUT2D eigenvalue weighted by Crippen LogP contribution is 2.49. The molecular weight excluding hydrogens is 482 g/mol. The van der Waals surface area contributed by atoms with Gasteiger partial charge in [0, 0.05) is 13.2 Å². The Bertz CT molecular complexity index is 1040. The summed E-state index contributed by atoms with van der Waals surface area (Å²) in [6.07, 6.45) is 0.179. The minimum Gasteiger partial charge on any atom is -0.466 e. The fourth-order valence-corrected chi connectivity index (χ4v) is 5.57. The molecule has 4 aliphatic heterocycles. The van der Waals surface area contributed by atoms with Gasteiger partial charge in [-0.3, -0.25) is 4.79 Å². The van der Waals surface area contributed by atoms with Gasteiger partial charge in [-0.25, -0.2) is 4.79 Å². The Balaban J connectivity index is 1.47. The number of epoxide rings is 1. The van der Waals surface area contributed by atoms with E-state index < -0.39 is 48.0 Å². The number of ether oxygens (including phenoxy) is 7. The van der Waals surface area contributed by atoms with Gasteiger partial charge in [-0.2, -0.15) is 0 Å². The second kappa shape index (κ2) is 9.76. The van der Waals surface area contributed by atoms with Crippen LogP contribution in [0.25, 0.3) is 0 Å². The van der Waals surface area contributed by atoms with Gasteiger partial charge in [-0.1, -0.05) is 36.4 Å². The van der Waals surface area contributed by atoms with E-state index in [0.29, 0.717) is 6.61 Å². The molecule has 202 valence electrons. The number of nitrogens with zero attached hydrogens (tertiary/aromatic N) is 1. The Morgan fingerprint density at radius 3 is 2.41 bits per heavy atom. The van der Waals surface area contributed by atoms with E-state index in [2.05, 4.69) is 0 Å². The molecule has 0 N–H and O–H groups in total. The summed E-state index contributed by atoms with van der Waals surface area (Å²) >= 11 is 0. The first-order valence-electron chi connectivity index (χ1n) is 12.5. The van der Waals surface area contributed by atoms with Crippen LogP contribution in [0.15, 0.2) is 42.5 Å². The minimum absolute atomic E-state index is 0.162. The topological polar surface area (TPSA) is 105 Å². The van der Waals surface area contributed by atoms with Crippen molar-refractivity contribution in [1.82, 2.24) is 4.90 Å². The van der Waals surface area contributed by atoms with Gasteiger partial charge in [0.2, 0.25) is 0 Å². The van der Waals surface area contributed by atoms with E-state index >= 15 is 0 Å². The zero-order chi connectivity index (χ0) is 26.5. The molecule has 37 heavy (non-hydrogen) atoms. The van der Waals surface area contributed by atoms with Crippen LogP contribution in [0.1, 0.15) is 39.4 Å². The number of esters is 1. The second-order valence-corrected chi connectivity index (χ2v) is 10.6. The van der Waals surface area contributed by atoms with Crippen molar-refractivity contribution < 1.29 is 42.7 Å². The zero-order valence-electron chi connectivity index (χ0n) is 22.0. The predicted octanol–water partition coefficient (Wildman–Crippen LogP) is 2.12. The molecule has 1 amide bonds. The fourth-order valence-electron chi connectivity index (χ4n) is 5.57. The molecule has 1 aromatic carbocycles. The molecule has 1 aromatic rings. The molecule has 0 aromatic heterocycles. The lowest BCUT2D eigenvalue weighted by molar-refractivity contribution is -0.185. The van der Waals surface area contributed by atoms with Crippen molar-refractivity contribution in [2.24, 2.45) is 0 Å². The van der Waals surface area contributed by atoms with Gasteiger partial charge in [0.15, 0.2) is 17.7 Å². The minimum atomic E-state index is -0.949. The number of carbonyl (C=O) groups excluding carboxylic acids is 2. The largest absolute Gasteiger partial charge is 0.466 e. The molecule has 8 atom stereocenters. The number of amides is 1. The molecule has 10 heteroatoms. The third kappa shape index (κ3) is 5.06. The molecule has 4 aliphatic rings. The molecule has 0 bridgehead atoms. The van der Waals surface area contributed by atoms with E-state index in [1.54, 1.807) is 11.0 Å². The Hall–Kier alpha value is -2.34. The number of carbonyl (C=O) groups is 2. The van der Waals surface area contributed by atoms with E-state index in [-0.39, 0.29) is 24.2 Å². The first-order valence-corrected chi connectivity index (χ1v) is 12.5. The van der Waals surface area contributed by atoms with Crippen molar-refractivity contribution >= 4 is 11.9 Å². The Morgan fingerprint density at radius 1 is 1.05 bits per heavy atom. The van der Waals surface area contributed by atoms with E-state index in [1.165, 1.54) is 20.3 Å². The van der Waals surface area contributed by atoms with Gasteiger partial charge in [-0.05, 0) is 33.3 Å². The standard InChI is InChI=1S/C27H35NO9/c1-26(2)33-14-17(35-26)22-21(36-27(3,4)37-22)16(12-13-18(29)31-5)28-19(24(32-6)25(28)30)23-20(34-23)15-10-8-7-9-11-15/h7-13,16-17,19-24H,14H2,1-6H3/b13-12+/t16-,17+,19+,20+,21+,22+,23+,24-/m0/s1. The molecule has 0 aliphatic carbocycles. The third-order valence-corrected chi connectivity index (χ3v) is 7.22. The number of rotatable bonds is 8. The summed E-state index contributed by atoms with van der Waals surface area (Å²) in [4.78, 5) is 27.2. The maximum absolute atomic E-state index is 13.4.